The van der Waals surface area contributed by atoms with Crippen LogP contribution in [0.25, 0.3) is 0 Å². The molecule has 0 fully saturated rings. The van der Waals surface area contributed by atoms with Crippen molar-refractivity contribution in [3.8, 4) is 0 Å². The van der Waals surface area contributed by atoms with Crippen LogP contribution >= 0.6 is 23.2 Å². The maximum absolute atomic E-state index is 11.3. The molecule has 4 amide bonds. The fraction of sp³-hybridized carbons (Fsp3) is 0. The first-order valence-corrected chi connectivity index (χ1v) is 8.76. The Labute approximate surface area is 170 Å². The third-order valence-corrected chi connectivity index (χ3v) is 4.22. The van der Waals surface area contributed by atoms with Crippen LogP contribution < -0.4 is 9.80 Å². The number of benzene rings is 2. The molecule has 0 radical (unpaired) electrons. The van der Waals surface area contributed by atoms with E-state index < -0.39 is 0 Å². The van der Waals surface area contributed by atoms with Gasteiger partial charge < -0.3 is 0 Å². The summed E-state index contributed by atoms with van der Waals surface area (Å²) in [5.41, 5.74) is 0.995. The Morgan fingerprint density at radius 2 is 0.857 bits per heavy atom. The van der Waals surface area contributed by atoms with Crippen molar-refractivity contribution in [3.05, 3.63) is 82.9 Å². The van der Waals surface area contributed by atoms with E-state index in [4.69, 9.17) is 23.2 Å². The van der Waals surface area contributed by atoms with Crippen molar-refractivity contribution in [2.24, 2.45) is 0 Å². The van der Waals surface area contributed by atoms with E-state index in [9.17, 15) is 19.2 Å². The lowest BCUT2D eigenvalue weighted by atomic mass is 10.3. The highest BCUT2D eigenvalue weighted by molar-refractivity contribution is 6.33. The summed E-state index contributed by atoms with van der Waals surface area (Å²) in [5, 5.41) is 0.991. The molecule has 4 rings (SSSR count). The second-order valence-corrected chi connectivity index (χ2v) is 6.52. The van der Waals surface area contributed by atoms with E-state index >= 15 is 0 Å². The molecule has 6 nitrogen and oxygen atoms in total. The van der Waals surface area contributed by atoms with Gasteiger partial charge in [-0.25, -0.2) is 9.80 Å². The van der Waals surface area contributed by atoms with Gasteiger partial charge in [-0.3, -0.25) is 19.2 Å². The van der Waals surface area contributed by atoms with Gasteiger partial charge in [-0.1, -0.05) is 35.3 Å². The molecule has 2 aliphatic heterocycles. The zero-order valence-corrected chi connectivity index (χ0v) is 15.7. The normalized spacial score (nSPS) is 15.4. The second-order valence-electron chi connectivity index (χ2n) is 5.65. The van der Waals surface area contributed by atoms with E-state index in [1.165, 1.54) is 24.3 Å². The van der Waals surface area contributed by atoms with Crippen molar-refractivity contribution in [1.29, 1.82) is 0 Å². The van der Waals surface area contributed by atoms with Crippen LogP contribution in [0.5, 0.6) is 0 Å². The van der Waals surface area contributed by atoms with Gasteiger partial charge in [-0.2, -0.15) is 0 Å². The summed E-state index contributed by atoms with van der Waals surface area (Å²) in [6.45, 7) is 0. The van der Waals surface area contributed by atoms with Gasteiger partial charge in [0.2, 0.25) is 0 Å². The summed E-state index contributed by atoms with van der Waals surface area (Å²) >= 11 is 11.5. The Morgan fingerprint density at radius 3 is 1.14 bits per heavy atom. The van der Waals surface area contributed by atoms with Gasteiger partial charge in [0, 0.05) is 34.3 Å². The number of rotatable bonds is 2. The Hall–Kier alpha value is -3.22. The van der Waals surface area contributed by atoms with Gasteiger partial charge in [-0.15, -0.1) is 0 Å². The van der Waals surface area contributed by atoms with Crippen LogP contribution in [0.2, 0.25) is 10.0 Å². The van der Waals surface area contributed by atoms with Gasteiger partial charge >= 0.3 is 0 Å². The summed E-state index contributed by atoms with van der Waals surface area (Å²) in [4.78, 5) is 47.2. The van der Waals surface area contributed by atoms with Crippen molar-refractivity contribution in [1.82, 2.24) is 0 Å². The fourth-order valence-corrected chi connectivity index (χ4v) is 2.91. The number of carbonyl (C=O) groups excluding carboxylic acids is 4. The average Bonchev–Trinajstić information content (AvgIpc) is 3.16. The number of carbonyl (C=O) groups is 4. The van der Waals surface area contributed by atoms with Crippen molar-refractivity contribution >= 4 is 58.2 Å². The quantitative estimate of drug-likeness (QED) is 0.704. The van der Waals surface area contributed by atoms with Gasteiger partial charge in [-0.05, 0) is 36.4 Å². The van der Waals surface area contributed by atoms with E-state index in [0.717, 1.165) is 9.80 Å². The van der Waals surface area contributed by atoms with Crippen molar-refractivity contribution in [3.63, 3.8) is 0 Å². The predicted molar refractivity (Wildman–Crippen MR) is 106 cm³/mol. The SMILES string of the molecule is O=C1C=CC(=O)N1c1cccc(Cl)c1.O=C1C=CC(=O)N1c1cccc(Cl)c1. The zero-order chi connectivity index (χ0) is 20.3. The van der Waals surface area contributed by atoms with E-state index in [2.05, 4.69) is 0 Å². The molecule has 0 unspecified atom stereocenters. The van der Waals surface area contributed by atoms with E-state index in [0.29, 0.717) is 21.4 Å². The average molecular weight is 415 g/mol. The zero-order valence-electron chi connectivity index (χ0n) is 14.2. The highest BCUT2D eigenvalue weighted by atomic mass is 35.5. The lowest BCUT2D eigenvalue weighted by Gasteiger charge is -2.13. The highest BCUT2D eigenvalue weighted by Gasteiger charge is 2.25. The molecule has 140 valence electrons. The molecule has 8 heteroatoms. The summed E-state index contributed by atoms with van der Waals surface area (Å²) in [7, 11) is 0. The van der Waals surface area contributed by atoms with Gasteiger partial charge in [0.15, 0.2) is 0 Å². The highest BCUT2D eigenvalue weighted by Crippen LogP contribution is 2.23. The van der Waals surface area contributed by atoms with E-state index in [1.54, 1.807) is 48.5 Å². The Kier molecular flexibility index (Phi) is 5.73. The largest absolute Gasteiger partial charge is 0.269 e. The molecule has 0 aromatic heterocycles. The summed E-state index contributed by atoms with van der Waals surface area (Å²) in [6, 6.07) is 13.2. The van der Waals surface area contributed by atoms with Crippen molar-refractivity contribution < 1.29 is 19.2 Å². The summed E-state index contributed by atoms with van der Waals surface area (Å²) in [5.74, 6) is -1.34. The second kappa shape index (κ2) is 8.21. The molecule has 0 saturated heterocycles. The first-order chi connectivity index (χ1) is 13.4. The summed E-state index contributed by atoms with van der Waals surface area (Å²) in [6.07, 6.45) is 4.96. The first-order valence-electron chi connectivity index (χ1n) is 8.00. The van der Waals surface area contributed by atoms with Gasteiger partial charge in [0.25, 0.3) is 23.6 Å². The molecular weight excluding hydrogens is 403 g/mol. The third kappa shape index (κ3) is 4.19. The van der Waals surface area contributed by atoms with Crippen LogP contribution in [-0.2, 0) is 19.2 Å². The molecule has 0 atom stereocenters. The van der Waals surface area contributed by atoms with Gasteiger partial charge in [0.1, 0.15) is 0 Å². The number of amides is 4. The maximum atomic E-state index is 11.3. The topological polar surface area (TPSA) is 74.8 Å². The number of hydrogen-bond acceptors (Lipinski definition) is 4. The molecule has 2 aromatic carbocycles. The number of halogens is 2. The Bertz CT molecular complexity index is 927. The molecule has 0 spiro atoms. The summed E-state index contributed by atoms with van der Waals surface area (Å²) < 4.78 is 0. The van der Waals surface area contributed by atoms with Crippen molar-refractivity contribution in [2.75, 3.05) is 9.80 Å². The number of hydrogen-bond donors (Lipinski definition) is 0. The molecule has 0 aliphatic carbocycles. The smallest absolute Gasteiger partial charge is 0.258 e. The van der Waals surface area contributed by atoms with Crippen LogP contribution in [-0.4, -0.2) is 23.6 Å². The molecule has 0 N–H and O–H groups in total. The lowest BCUT2D eigenvalue weighted by Crippen LogP contribution is -2.29. The Morgan fingerprint density at radius 1 is 0.536 bits per heavy atom. The lowest BCUT2D eigenvalue weighted by molar-refractivity contribution is -0.121. The van der Waals surface area contributed by atoms with E-state index in [-0.39, 0.29) is 23.6 Å². The van der Waals surface area contributed by atoms with Crippen LogP contribution in [0.4, 0.5) is 11.4 Å². The third-order valence-electron chi connectivity index (χ3n) is 3.75. The minimum absolute atomic E-state index is 0.336. The monoisotopic (exact) mass is 414 g/mol. The standard InChI is InChI=1S/2C10H6ClNO2/c2*11-7-2-1-3-8(6-7)12-9(13)4-5-10(12)14/h2*1-6H. The first kappa shape index (κ1) is 19.5. The minimum atomic E-state index is -0.336. The van der Waals surface area contributed by atoms with Crippen LogP contribution in [0.1, 0.15) is 0 Å². The van der Waals surface area contributed by atoms with Crippen molar-refractivity contribution in [2.45, 2.75) is 0 Å². The molecule has 2 aromatic rings. The fourth-order valence-electron chi connectivity index (χ4n) is 2.54. The molecule has 28 heavy (non-hydrogen) atoms. The Balaban J connectivity index is 0.000000161. The van der Waals surface area contributed by atoms with Crippen LogP contribution in [0.3, 0.4) is 0 Å². The number of nitrogens with zero attached hydrogens (tertiary/aromatic N) is 2. The van der Waals surface area contributed by atoms with Gasteiger partial charge in [0.05, 0.1) is 11.4 Å². The van der Waals surface area contributed by atoms with E-state index in [1.807, 2.05) is 0 Å². The van der Waals surface area contributed by atoms with Crippen LogP contribution in [0, 0.1) is 0 Å². The number of anilines is 2. The molecule has 2 aliphatic rings. The molecule has 0 saturated carbocycles. The molecule has 2 heterocycles. The minimum Gasteiger partial charge on any atom is -0.269 e. The predicted octanol–water partition coefficient (Wildman–Crippen LogP) is 3.54. The molecular formula is C20H12Cl2N2O4. The molecule has 0 bridgehead atoms. The maximum Gasteiger partial charge on any atom is 0.258 e. The van der Waals surface area contributed by atoms with Crippen LogP contribution in [0.15, 0.2) is 72.8 Å². The number of imide groups is 2.